The number of benzene rings is 1. The molecule has 122 valence electrons. The summed E-state index contributed by atoms with van der Waals surface area (Å²) in [6, 6.07) is 11.7. The van der Waals surface area contributed by atoms with E-state index in [9.17, 15) is 4.79 Å². The van der Waals surface area contributed by atoms with Crippen LogP contribution in [0.4, 0.5) is 0 Å². The number of nitrogens with zero attached hydrogens (tertiary/aromatic N) is 2. The van der Waals surface area contributed by atoms with Crippen LogP contribution in [0.1, 0.15) is 17.4 Å². The molecule has 6 heteroatoms. The van der Waals surface area contributed by atoms with Crippen molar-refractivity contribution < 1.29 is 9.53 Å². The average molecular weight is 314 g/mol. The number of rotatable bonds is 5. The lowest BCUT2D eigenvalue weighted by Gasteiger charge is -2.29. The van der Waals surface area contributed by atoms with Crippen molar-refractivity contribution in [3.63, 3.8) is 0 Å². The standard InChI is InChI=1S/C17H22N4O2/c1-13(12-21-7-9-23-10-8-21)18-17(22)16-11-15(19-20-16)14-5-3-2-4-6-14/h2-6,11,13H,7-10,12H2,1H3,(H,18,22)(H,19,20). The molecule has 2 N–H and O–H groups in total. The molecule has 1 fully saturated rings. The number of morpholine rings is 1. The van der Waals surface area contributed by atoms with Crippen LogP contribution >= 0.6 is 0 Å². The minimum absolute atomic E-state index is 0.0732. The van der Waals surface area contributed by atoms with Gasteiger partial charge in [-0.15, -0.1) is 0 Å². The summed E-state index contributed by atoms with van der Waals surface area (Å²) in [4.78, 5) is 14.6. The van der Waals surface area contributed by atoms with E-state index in [1.807, 2.05) is 37.3 Å². The molecule has 0 aliphatic carbocycles. The summed E-state index contributed by atoms with van der Waals surface area (Å²) in [5, 5.41) is 10.1. The molecule has 1 aliphatic heterocycles. The molecule has 1 aromatic carbocycles. The SMILES string of the molecule is CC(CN1CCOCC1)NC(=O)c1cc(-c2ccccc2)n[nH]1. The number of H-pyrrole nitrogens is 1. The summed E-state index contributed by atoms with van der Waals surface area (Å²) >= 11 is 0. The van der Waals surface area contributed by atoms with Gasteiger partial charge in [0.2, 0.25) is 0 Å². The van der Waals surface area contributed by atoms with Crippen LogP contribution in [-0.4, -0.2) is 59.9 Å². The quantitative estimate of drug-likeness (QED) is 0.878. The van der Waals surface area contributed by atoms with E-state index in [2.05, 4.69) is 20.4 Å². The van der Waals surface area contributed by atoms with Crippen molar-refractivity contribution in [2.24, 2.45) is 0 Å². The first-order chi connectivity index (χ1) is 11.2. The molecular formula is C17H22N4O2. The zero-order chi connectivity index (χ0) is 16.1. The summed E-state index contributed by atoms with van der Waals surface area (Å²) in [6.45, 7) is 6.21. The summed E-state index contributed by atoms with van der Waals surface area (Å²) in [5.74, 6) is -0.125. The Morgan fingerprint density at radius 2 is 2.09 bits per heavy atom. The van der Waals surface area contributed by atoms with E-state index in [0.717, 1.165) is 44.1 Å². The summed E-state index contributed by atoms with van der Waals surface area (Å²) in [5.41, 5.74) is 2.25. The molecule has 23 heavy (non-hydrogen) atoms. The van der Waals surface area contributed by atoms with Crippen LogP contribution < -0.4 is 5.32 Å². The Labute approximate surface area is 135 Å². The van der Waals surface area contributed by atoms with Gasteiger partial charge in [0, 0.05) is 31.2 Å². The number of nitrogens with one attached hydrogen (secondary N) is 2. The lowest BCUT2D eigenvalue weighted by molar-refractivity contribution is 0.0342. The second-order valence-electron chi connectivity index (χ2n) is 5.82. The second kappa shape index (κ2) is 7.39. The van der Waals surface area contributed by atoms with Crippen LogP contribution in [0.3, 0.4) is 0 Å². The third-order valence-electron chi connectivity index (χ3n) is 3.91. The fourth-order valence-corrected chi connectivity index (χ4v) is 2.71. The second-order valence-corrected chi connectivity index (χ2v) is 5.82. The van der Waals surface area contributed by atoms with Gasteiger partial charge in [-0.05, 0) is 13.0 Å². The van der Waals surface area contributed by atoms with Crippen LogP contribution in [-0.2, 0) is 4.74 Å². The molecular weight excluding hydrogens is 292 g/mol. The Morgan fingerprint density at radius 1 is 1.35 bits per heavy atom. The maximum Gasteiger partial charge on any atom is 0.269 e. The molecule has 6 nitrogen and oxygen atoms in total. The number of hydrogen-bond acceptors (Lipinski definition) is 4. The average Bonchev–Trinajstić information content (AvgIpc) is 3.06. The fraction of sp³-hybridized carbons (Fsp3) is 0.412. The molecule has 0 bridgehead atoms. The highest BCUT2D eigenvalue weighted by Gasteiger charge is 2.17. The third kappa shape index (κ3) is 4.18. The molecule has 1 unspecified atom stereocenters. The minimum atomic E-state index is -0.125. The van der Waals surface area contributed by atoms with Crippen LogP contribution in [0.15, 0.2) is 36.4 Å². The molecule has 1 amide bonds. The van der Waals surface area contributed by atoms with Crippen molar-refractivity contribution in [1.29, 1.82) is 0 Å². The molecule has 0 radical (unpaired) electrons. The number of hydrogen-bond donors (Lipinski definition) is 2. The molecule has 1 aliphatic rings. The molecule has 2 heterocycles. The van der Waals surface area contributed by atoms with Crippen LogP contribution in [0.25, 0.3) is 11.3 Å². The molecule has 2 aromatic rings. The highest BCUT2D eigenvalue weighted by atomic mass is 16.5. The zero-order valence-corrected chi connectivity index (χ0v) is 13.3. The van der Waals surface area contributed by atoms with Gasteiger partial charge in [0.1, 0.15) is 5.69 Å². The van der Waals surface area contributed by atoms with Gasteiger partial charge >= 0.3 is 0 Å². The van der Waals surface area contributed by atoms with Gasteiger partial charge in [0.25, 0.3) is 5.91 Å². The number of amides is 1. The van der Waals surface area contributed by atoms with E-state index in [1.54, 1.807) is 6.07 Å². The number of carbonyl (C=O) groups is 1. The van der Waals surface area contributed by atoms with Crippen molar-refractivity contribution in [2.45, 2.75) is 13.0 Å². The predicted octanol–water partition coefficient (Wildman–Crippen LogP) is 1.53. The fourth-order valence-electron chi connectivity index (χ4n) is 2.71. The topological polar surface area (TPSA) is 70.2 Å². The van der Waals surface area contributed by atoms with E-state index in [0.29, 0.717) is 5.69 Å². The first-order valence-corrected chi connectivity index (χ1v) is 7.94. The maximum absolute atomic E-state index is 12.3. The highest BCUT2D eigenvalue weighted by Crippen LogP contribution is 2.16. The van der Waals surface area contributed by atoms with Gasteiger partial charge in [-0.2, -0.15) is 5.10 Å². The normalized spacial score (nSPS) is 16.9. The van der Waals surface area contributed by atoms with Crippen LogP contribution in [0, 0.1) is 0 Å². The first-order valence-electron chi connectivity index (χ1n) is 7.94. The zero-order valence-electron chi connectivity index (χ0n) is 13.3. The Balaban J connectivity index is 1.56. The smallest absolute Gasteiger partial charge is 0.269 e. The number of ether oxygens (including phenoxy) is 1. The van der Waals surface area contributed by atoms with Crippen molar-refractivity contribution >= 4 is 5.91 Å². The Morgan fingerprint density at radius 3 is 2.83 bits per heavy atom. The lowest BCUT2D eigenvalue weighted by atomic mass is 10.1. The molecule has 0 saturated carbocycles. The third-order valence-corrected chi connectivity index (χ3v) is 3.91. The molecule has 0 spiro atoms. The number of carbonyl (C=O) groups excluding carboxylic acids is 1. The van der Waals surface area contributed by atoms with E-state index in [-0.39, 0.29) is 11.9 Å². The van der Waals surface area contributed by atoms with E-state index >= 15 is 0 Å². The van der Waals surface area contributed by atoms with Gasteiger partial charge in [-0.1, -0.05) is 30.3 Å². The molecule has 1 atom stereocenters. The summed E-state index contributed by atoms with van der Waals surface area (Å²) in [6.07, 6.45) is 0. The van der Waals surface area contributed by atoms with Crippen molar-refractivity contribution in [1.82, 2.24) is 20.4 Å². The van der Waals surface area contributed by atoms with Crippen molar-refractivity contribution in [3.05, 3.63) is 42.1 Å². The van der Waals surface area contributed by atoms with Crippen molar-refractivity contribution in [3.8, 4) is 11.3 Å². The Bertz CT molecular complexity index is 635. The summed E-state index contributed by atoms with van der Waals surface area (Å²) < 4.78 is 5.33. The molecule has 1 saturated heterocycles. The largest absolute Gasteiger partial charge is 0.379 e. The predicted molar refractivity (Wildman–Crippen MR) is 88.2 cm³/mol. The van der Waals surface area contributed by atoms with Crippen LogP contribution in [0.2, 0.25) is 0 Å². The molecule has 1 aromatic heterocycles. The number of aromatic nitrogens is 2. The van der Waals surface area contributed by atoms with Crippen LogP contribution in [0.5, 0.6) is 0 Å². The van der Waals surface area contributed by atoms with Gasteiger partial charge in [-0.3, -0.25) is 14.8 Å². The lowest BCUT2D eigenvalue weighted by Crippen LogP contribution is -2.46. The number of aromatic amines is 1. The van der Waals surface area contributed by atoms with E-state index < -0.39 is 0 Å². The Kier molecular flexibility index (Phi) is 5.05. The van der Waals surface area contributed by atoms with E-state index in [4.69, 9.17) is 4.74 Å². The van der Waals surface area contributed by atoms with Gasteiger partial charge in [0.05, 0.1) is 18.9 Å². The van der Waals surface area contributed by atoms with E-state index in [1.165, 1.54) is 0 Å². The van der Waals surface area contributed by atoms with Gasteiger partial charge in [0.15, 0.2) is 0 Å². The minimum Gasteiger partial charge on any atom is -0.379 e. The first kappa shape index (κ1) is 15.7. The monoisotopic (exact) mass is 314 g/mol. The maximum atomic E-state index is 12.3. The summed E-state index contributed by atoms with van der Waals surface area (Å²) in [7, 11) is 0. The van der Waals surface area contributed by atoms with Crippen molar-refractivity contribution in [2.75, 3.05) is 32.8 Å². The molecule has 3 rings (SSSR count). The van der Waals surface area contributed by atoms with Gasteiger partial charge in [-0.25, -0.2) is 0 Å². The Hall–Kier alpha value is -2.18. The van der Waals surface area contributed by atoms with Gasteiger partial charge < -0.3 is 10.1 Å². The highest BCUT2D eigenvalue weighted by molar-refractivity contribution is 5.93.